The van der Waals surface area contributed by atoms with Crippen LogP contribution in [0.1, 0.15) is 34.3 Å². The molecule has 1 heterocycles. The topological polar surface area (TPSA) is 20.3 Å². The van der Waals surface area contributed by atoms with Gasteiger partial charge in [0.05, 0.1) is 0 Å². The first-order chi connectivity index (χ1) is 8.63. The fourth-order valence-electron chi connectivity index (χ4n) is 2.44. The van der Waals surface area contributed by atoms with Crippen LogP contribution >= 0.6 is 15.9 Å². The summed E-state index contributed by atoms with van der Waals surface area (Å²) in [6.07, 6.45) is 2.23. The van der Waals surface area contributed by atoms with E-state index < -0.39 is 0 Å². The van der Waals surface area contributed by atoms with Crippen LogP contribution in [0.2, 0.25) is 0 Å². The lowest BCUT2D eigenvalue weighted by Gasteiger charge is -2.31. The fourth-order valence-corrected chi connectivity index (χ4v) is 3.09. The maximum atomic E-state index is 12.5. The first-order valence-corrected chi connectivity index (χ1v) is 7.67. The molecule has 0 bridgehead atoms. The van der Waals surface area contributed by atoms with Gasteiger partial charge < -0.3 is 4.90 Å². The zero-order chi connectivity index (χ0) is 13.1. The number of aryl methyl sites for hydroxylation is 1. The number of hydrogen-bond donors (Lipinski definition) is 0. The molecule has 1 saturated heterocycles. The molecule has 2 nitrogen and oxygen atoms in total. The van der Waals surface area contributed by atoms with Gasteiger partial charge in [0.1, 0.15) is 0 Å². The van der Waals surface area contributed by atoms with Crippen LogP contribution < -0.4 is 0 Å². The normalized spacial score (nSPS) is 16.9. The third-order valence-corrected chi connectivity index (χ3v) is 4.87. The van der Waals surface area contributed by atoms with Crippen LogP contribution in [-0.4, -0.2) is 29.2 Å². The minimum absolute atomic E-state index is 0.198. The van der Waals surface area contributed by atoms with E-state index in [1.54, 1.807) is 0 Å². The molecule has 1 fully saturated rings. The summed E-state index contributed by atoms with van der Waals surface area (Å²) in [4.78, 5) is 14.5. The summed E-state index contributed by atoms with van der Waals surface area (Å²) in [7, 11) is 0. The van der Waals surface area contributed by atoms with Crippen molar-refractivity contribution in [2.75, 3.05) is 18.4 Å². The maximum absolute atomic E-state index is 12.5. The number of alkyl halides is 1. The first-order valence-electron chi connectivity index (χ1n) is 6.55. The Labute approximate surface area is 117 Å². The number of nitrogens with zero attached hydrogens (tertiary/aromatic N) is 1. The number of benzene rings is 1. The quantitative estimate of drug-likeness (QED) is 0.765. The minimum atomic E-state index is 0.198. The van der Waals surface area contributed by atoms with Crippen molar-refractivity contribution in [1.82, 2.24) is 4.90 Å². The van der Waals surface area contributed by atoms with Crippen molar-refractivity contribution in [3.8, 4) is 0 Å². The molecule has 0 radical (unpaired) electrons. The van der Waals surface area contributed by atoms with Crippen LogP contribution in [0.15, 0.2) is 18.2 Å². The Morgan fingerprint density at radius 3 is 2.61 bits per heavy atom. The summed E-state index contributed by atoms with van der Waals surface area (Å²) < 4.78 is 0. The molecule has 2 rings (SSSR count). The van der Waals surface area contributed by atoms with Gasteiger partial charge in [-0.25, -0.2) is 0 Å². The Bertz CT molecular complexity index is 436. The average molecular weight is 310 g/mol. The molecule has 0 aliphatic carbocycles. The Morgan fingerprint density at radius 1 is 1.33 bits per heavy atom. The summed E-state index contributed by atoms with van der Waals surface area (Å²) >= 11 is 3.53. The van der Waals surface area contributed by atoms with Crippen molar-refractivity contribution >= 4 is 21.8 Å². The number of piperidine rings is 1. The van der Waals surface area contributed by atoms with Gasteiger partial charge in [-0.1, -0.05) is 28.1 Å². The largest absolute Gasteiger partial charge is 0.339 e. The molecule has 3 heteroatoms. The van der Waals surface area contributed by atoms with E-state index in [0.29, 0.717) is 0 Å². The second-order valence-corrected chi connectivity index (χ2v) is 5.78. The van der Waals surface area contributed by atoms with Gasteiger partial charge in [-0.05, 0) is 49.8 Å². The van der Waals surface area contributed by atoms with Crippen LogP contribution in [0, 0.1) is 19.8 Å². The Morgan fingerprint density at radius 2 is 2.00 bits per heavy atom. The smallest absolute Gasteiger partial charge is 0.254 e. The standard InChI is InChI=1S/C15H20BrNO/c1-11-4-3-5-14(12(11)2)15(18)17-8-6-13(10-16)7-9-17/h3-5,13H,6-10H2,1-2H3. The second kappa shape index (κ2) is 5.87. The predicted octanol–water partition coefficient (Wildman–Crippen LogP) is 3.55. The maximum Gasteiger partial charge on any atom is 0.254 e. The van der Waals surface area contributed by atoms with Crippen molar-refractivity contribution in [2.45, 2.75) is 26.7 Å². The molecular weight excluding hydrogens is 290 g/mol. The van der Waals surface area contributed by atoms with Gasteiger partial charge in [0.2, 0.25) is 0 Å². The predicted molar refractivity (Wildman–Crippen MR) is 78.3 cm³/mol. The molecule has 1 aliphatic heterocycles. The lowest BCUT2D eigenvalue weighted by molar-refractivity contribution is 0.0698. The summed E-state index contributed by atoms with van der Waals surface area (Å²) in [5, 5.41) is 1.05. The molecule has 0 atom stereocenters. The van der Waals surface area contributed by atoms with Crippen LogP contribution in [0.25, 0.3) is 0 Å². The highest BCUT2D eigenvalue weighted by Crippen LogP contribution is 2.22. The van der Waals surface area contributed by atoms with Crippen LogP contribution in [-0.2, 0) is 0 Å². The highest BCUT2D eigenvalue weighted by molar-refractivity contribution is 9.09. The lowest BCUT2D eigenvalue weighted by atomic mass is 9.97. The molecule has 18 heavy (non-hydrogen) atoms. The SMILES string of the molecule is Cc1cccc(C(=O)N2CCC(CBr)CC2)c1C. The molecular formula is C15H20BrNO. The highest BCUT2D eigenvalue weighted by atomic mass is 79.9. The number of carbonyl (C=O) groups excluding carboxylic acids is 1. The molecule has 1 aromatic rings. The van der Waals surface area contributed by atoms with Crippen molar-refractivity contribution in [3.63, 3.8) is 0 Å². The Balaban J connectivity index is 2.10. The number of likely N-dealkylation sites (tertiary alicyclic amines) is 1. The van der Waals surface area contributed by atoms with E-state index in [1.165, 1.54) is 5.56 Å². The van der Waals surface area contributed by atoms with Crippen LogP contribution in [0.4, 0.5) is 0 Å². The van der Waals surface area contributed by atoms with Gasteiger partial charge in [0.25, 0.3) is 5.91 Å². The van der Waals surface area contributed by atoms with E-state index in [4.69, 9.17) is 0 Å². The second-order valence-electron chi connectivity index (χ2n) is 5.14. The van der Waals surface area contributed by atoms with Crippen molar-refractivity contribution < 1.29 is 4.79 Å². The summed E-state index contributed by atoms with van der Waals surface area (Å²) in [6.45, 7) is 5.88. The molecule has 0 spiro atoms. The van der Waals surface area contributed by atoms with Gasteiger partial charge in [0.15, 0.2) is 0 Å². The number of hydrogen-bond acceptors (Lipinski definition) is 1. The highest BCUT2D eigenvalue weighted by Gasteiger charge is 2.23. The molecule has 98 valence electrons. The van der Waals surface area contributed by atoms with Crippen molar-refractivity contribution in [1.29, 1.82) is 0 Å². The summed E-state index contributed by atoms with van der Waals surface area (Å²) in [5.41, 5.74) is 3.17. The molecule has 1 aliphatic rings. The lowest BCUT2D eigenvalue weighted by Crippen LogP contribution is -2.39. The zero-order valence-corrected chi connectivity index (χ0v) is 12.7. The van der Waals surface area contributed by atoms with E-state index in [2.05, 4.69) is 28.9 Å². The van der Waals surface area contributed by atoms with Gasteiger partial charge in [-0.3, -0.25) is 4.79 Å². The molecule has 0 unspecified atom stereocenters. The molecule has 0 N–H and O–H groups in total. The van der Waals surface area contributed by atoms with E-state index in [1.807, 2.05) is 24.0 Å². The van der Waals surface area contributed by atoms with E-state index in [0.717, 1.165) is 48.3 Å². The van der Waals surface area contributed by atoms with Gasteiger partial charge in [-0.15, -0.1) is 0 Å². The zero-order valence-electron chi connectivity index (χ0n) is 11.1. The van der Waals surface area contributed by atoms with Crippen LogP contribution in [0.5, 0.6) is 0 Å². The molecule has 0 saturated carbocycles. The number of amides is 1. The first kappa shape index (κ1) is 13.6. The third kappa shape index (κ3) is 2.77. The third-order valence-electron chi connectivity index (χ3n) is 3.95. The fraction of sp³-hybridized carbons (Fsp3) is 0.533. The summed E-state index contributed by atoms with van der Waals surface area (Å²) in [5.74, 6) is 0.928. The van der Waals surface area contributed by atoms with Crippen molar-refractivity contribution in [2.24, 2.45) is 5.92 Å². The van der Waals surface area contributed by atoms with Crippen LogP contribution in [0.3, 0.4) is 0 Å². The molecule has 0 aromatic heterocycles. The minimum Gasteiger partial charge on any atom is -0.339 e. The Kier molecular flexibility index (Phi) is 4.44. The van der Waals surface area contributed by atoms with Crippen molar-refractivity contribution in [3.05, 3.63) is 34.9 Å². The summed E-state index contributed by atoms with van der Waals surface area (Å²) in [6, 6.07) is 5.98. The van der Waals surface area contributed by atoms with E-state index >= 15 is 0 Å². The number of halogens is 1. The van der Waals surface area contributed by atoms with E-state index in [9.17, 15) is 4.79 Å². The number of rotatable bonds is 2. The molecule has 1 amide bonds. The number of carbonyl (C=O) groups is 1. The monoisotopic (exact) mass is 309 g/mol. The Hall–Kier alpha value is -0.830. The average Bonchev–Trinajstić information content (AvgIpc) is 2.41. The van der Waals surface area contributed by atoms with Gasteiger partial charge in [0, 0.05) is 24.0 Å². The van der Waals surface area contributed by atoms with Gasteiger partial charge in [-0.2, -0.15) is 0 Å². The van der Waals surface area contributed by atoms with Gasteiger partial charge >= 0.3 is 0 Å². The molecule has 1 aromatic carbocycles. The van der Waals surface area contributed by atoms with E-state index in [-0.39, 0.29) is 5.91 Å².